The van der Waals surface area contributed by atoms with Crippen LogP contribution in [-0.4, -0.2) is 54.5 Å². The van der Waals surface area contributed by atoms with E-state index in [0.717, 1.165) is 32.2 Å². The van der Waals surface area contributed by atoms with Crippen LogP contribution < -0.4 is 5.32 Å². The molecule has 1 rings (SSSR count). The molecule has 0 aliphatic heterocycles. The van der Waals surface area contributed by atoms with Crippen molar-refractivity contribution in [1.82, 2.24) is 10.2 Å². The first kappa shape index (κ1) is 16.7. The molecule has 1 saturated carbocycles. The van der Waals surface area contributed by atoms with Crippen LogP contribution in [0.1, 0.15) is 39.0 Å². The van der Waals surface area contributed by atoms with Crippen molar-refractivity contribution in [3.63, 3.8) is 0 Å². The van der Waals surface area contributed by atoms with E-state index in [4.69, 9.17) is 0 Å². The third-order valence-corrected chi connectivity index (χ3v) is 4.01. The highest BCUT2D eigenvalue weighted by molar-refractivity contribution is 4.99. The van der Waals surface area contributed by atoms with Gasteiger partial charge in [-0.25, -0.2) is 0 Å². The van der Waals surface area contributed by atoms with Gasteiger partial charge in [0, 0.05) is 18.1 Å². The fraction of sp³-hybridized carbons (Fsp3) is 1.00. The van der Waals surface area contributed by atoms with Gasteiger partial charge >= 0.3 is 6.18 Å². The van der Waals surface area contributed by atoms with Gasteiger partial charge in [-0.05, 0) is 39.3 Å². The van der Waals surface area contributed by atoms with Crippen molar-refractivity contribution in [3.05, 3.63) is 0 Å². The predicted octanol–water partition coefficient (Wildman–Crippen LogP) is 2.15. The number of alkyl halides is 3. The van der Waals surface area contributed by atoms with E-state index in [9.17, 15) is 18.3 Å². The maximum Gasteiger partial charge on any atom is 0.390 e. The van der Waals surface area contributed by atoms with Crippen molar-refractivity contribution < 1.29 is 18.3 Å². The third-order valence-electron chi connectivity index (χ3n) is 4.01. The third kappa shape index (κ3) is 5.28. The Kier molecular flexibility index (Phi) is 6.08. The van der Waals surface area contributed by atoms with E-state index >= 15 is 0 Å². The molecule has 6 heteroatoms. The summed E-state index contributed by atoms with van der Waals surface area (Å²) in [6.07, 6.45) is -1.50. The Balaban J connectivity index is 2.45. The summed E-state index contributed by atoms with van der Waals surface area (Å²) in [5, 5.41) is 12.9. The first-order chi connectivity index (χ1) is 8.82. The summed E-state index contributed by atoms with van der Waals surface area (Å²) in [7, 11) is 1.74. The van der Waals surface area contributed by atoms with Crippen LogP contribution in [0, 0.1) is 0 Å². The minimum absolute atomic E-state index is 0.0312. The summed E-state index contributed by atoms with van der Waals surface area (Å²) < 4.78 is 36.6. The molecule has 3 nitrogen and oxygen atoms in total. The minimum atomic E-state index is -4.10. The van der Waals surface area contributed by atoms with Gasteiger partial charge in [0.25, 0.3) is 0 Å². The predicted molar refractivity (Wildman–Crippen MR) is 69.1 cm³/mol. The van der Waals surface area contributed by atoms with E-state index < -0.39 is 12.6 Å². The van der Waals surface area contributed by atoms with Crippen molar-refractivity contribution in [2.75, 3.05) is 26.7 Å². The minimum Gasteiger partial charge on any atom is -0.394 e. The Morgan fingerprint density at radius 3 is 2.63 bits per heavy atom. The number of nitrogens with one attached hydrogen (secondary N) is 1. The fourth-order valence-corrected chi connectivity index (χ4v) is 2.71. The summed E-state index contributed by atoms with van der Waals surface area (Å²) in [5.74, 6) is 0. The van der Waals surface area contributed by atoms with Crippen molar-refractivity contribution in [2.45, 2.75) is 56.8 Å². The average molecular weight is 282 g/mol. The highest BCUT2D eigenvalue weighted by Gasteiger charge is 2.40. The topological polar surface area (TPSA) is 35.5 Å². The van der Waals surface area contributed by atoms with Crippen LogP contribution in [-0.2, 0) is 0 Å². The zero-order valence-electron chi connectivity index (χ0n) is 11.8. The molecule has 0 aromatic heterocycles. The van der Waals surface area contributed by atoms with E-state index in [1.165, 1.54) is 0 Å². The molecule has 0 aromatic rings. The molecule has 114 valence electrons. The van der Waals surface area contributed by atoms with Gasteiger partial charge in [-0.3, -0.25) is 0 Å². The van der Waals surface area contributed by atoms with Gasteiger partial charge in [0.2, 0.25) is 0 Å². The molecule has 0 spiro atoms. The zero-order valence-corrected chi connectivity index (χ0v) is 11.8. The largest absolute Gasteiger partial charge is 0.394 e. The number of halogens is 3. The molecular weight excluding hydrogens is 257 g/mol. The maximum absolute atomic E-state index is 12.2. The Bertz CT molecular complexity index is 273. The second-order valence-electron chi connectivity index (χ2n) is 5.61. The SMILES string of the molecule is CCCNC1(CO)CCC(N(C)CCC(F)(F)F)C1. The number of hydrogen-bond donors (Lipinski definition) is 2. The molecule has 0 amide bonds. The van der Waals surface area contributed by atoms with Crippen LogP contribution in [0.2, 0.25) is 0 Å². The van der Waals surface area contributed by atoms with E-state index in [2.05, 4.69) is 12.2 Å². The van der Waals surface area contributed by atoms with Gasteiger partial charge in [-0.2, -0.15) is 13.2 Å². The van der Waals surface area contributed by atoms with Crippen LogP contribution in [0.15, 0.2) is 0 Å². The van der Waals surface area contributed by atoms with E-state index in [-0.39, 0.29) is 24.7 Å². The fourth-order valence-electron chi connectivity index (χ4n) is 2.71. The average Bonchev–Trinajstić information content (AvgIpc) is 2.78. The molecular formula is C13H25F3N2O. The summed E-state index contributed by atoms with van der Waals surface area (Å²) in [4.78, 5) is 1.78. The monoisotopic (exact) mass is 282 g/mol. The second-order valence-corrected chi connectivity index (χ2v) is 5.61. The Hall–Kier alpha value is -0.330. The summed E-state index contributed by atoms with van der Waals surface area (Å²) in [6, 6.07) is 0.124. The van der Waals surface area contributed by atoms with Crippen LogP contribution >= 0.6 is 0 Å². The summed E-state index contributed by atoms with van der Waals surface area (Å²) >= 11 is 0. The Labute approximate surface area is 113 Å². The lowest BCUT2D eigenvalue weighted by Gasteiger charge is -2.31. The van der Waals surface area contributed by atoms with Crippen molar-refractivity contribution in [1.29, 1.82) is 0 Å². The smallest absolute Gasteiger partial charge is 0.390 e. The van der Waals surface area contributed by atoms with Crippen LogP contribution in [0.25, 0.3) is 0 Å². The normalized spacial score (nSPS) is 28.3. The van der Waals surface area contributed by atoms with Crippen molar-refractivity contribution in [2.24, 2.45) is 0 Å². The molecule has 0 radical (unpaired) electrons. The number of nitrogens with zero attached hydrogens (tertiary/aromatic N) is 1. The number of rotatable bonds is 7. The Morgan fingerprint density at radius 1 is 1.42 bits per heavy atom. The van der Waals surface area contributed by atoms with Crippen LogP contribution in [0.4, 0.5) is 13.2 Å². The quantitative estimate of drug-likeness (QED) is 0.751. The first-order valence-corrected chi connectivity index (χ1v) is 6.95. The maximum atomic E-state index is 12.2. The van der Waals surface area contributed by atoms with Gasteiger partial charge < -0.3 is 15.3 Å². The highest BCUT2D eigenvalue weighted by Crippen LogP contribution is 2.33. The van der Waals surface area contributed by atoms with Gasteiger partial charge in [0.15, 0.2) is 0 Å². The molecule has 1 aliphatic carbocycles. The molecule has 2 atom stereocenters. The van der Waals surface area contributed by atoms with Gasteiger partial charge in [-0.15, -0.1) is 0 Å². The van der Waals surface area contributed by atoms with Crippen molar-refractivity contribution in [3.8, 4) is 0 Å². The van der Waals surface area contributed by atoms with Gasteiger partial charge in [0.1, 0.15) is 0 Å². The first-order valence-electron chi connectivity index (χ1n) is 6.95. The Morgan fingerprint density at radius 2 is 2.11 bits per heavy atom. The van der Waals surface area contributed by atoms with Gasteiger partial charge in [0.05, 0.1) is 13.0 Å². The lowest BCUT2D eigenvalue weighted by atomic mass is 9.98. The van der Waals surface area contributed by atoms with E-state index in [1.54, 1.807) is 11.9 Å². The van der Waals surface area contributed by atoms with Crippen molar-refractivity contribution >= 4 is 0 Å². The second kappa shape index (κ2) is 6.90. The highest BCUT2D eigenvalue weighted by atomic mass is 19.4. The molecule has 0 aromatic carbocycles. The lowest BCUT2D eigenvalue weighted by molar-refractivity contribution is -0.138. The summed E-state index contributed by atoms with van der Waals surface area (Å²) in [5.41, 5.74) is -0.298. The number of aliphatic hydroxyl groups is 1. The summed E-state index contributed by atoms with van der Waals surface area (Å²) in [6.45, 7) is 2.97. The molecule has 19 heavy (non-hydrogen) atoms. The molecule has 1 fully saturated rings. The molecule has 1 aliphatic rings. The molecule has 0 heterocycles. The molecule has 0 bridgehead atoms. The lowest BCUT2D eigenvalue weighted by Crippen LogP contribution is -2.48. The number of aliphatic hydroxyl groups excluding tert-OH is 1. The molecule has 0 saturated heterocycles. The number of hydrogen-bond acceptors (Lipinski definition) is 3. The van der Waals surface area contributed by atoms with E-state index in [0.29, 0.717) is 0 Å². The van der Waals surface area contributed by atoms with Crippen LogP contribution in [0.3, 0.4) is 0 Å². The van der Waals surface area contributed by atoms with Crippen LogP contribution in [0.5, 0.6) is 0 Å². The van der Waals surface area contributed by atoms with E-state index in [1.807, 2.05) is 0 Å². The molecule has 2 unspecified atom stereocenters. The molecule has 2 N–H and O–H groups in total. The van der Waals surface area contributed by atoms with Gasteiger partial charge in [-0.1, -0.05) is 6.92 Å². The zero-order chi connectivity index (χ0) is 14.5. The standard InChI is InChI=1S/C13H25F3N2O/c1-3-7-17-12(10-19)5-4-11(9-12)18(2)8-6-13(14,15)16/h11,17,19H,3-10H2,1-2H3.